The molecule has 4 rings (SSSR count). The number of hydrogen-bond acceptors (Lipinski definition) is 4. The van der Waals surface area contributed by atoms with Crippen molar-refractivity contribution in [2.45, 2.75) is 31.8 Å². The van der Waals surface area contributed by atoms with Crippen molar-refractivity contribution in [2.24, 2.45) is 0 Å². The summed E-state index contributed by atoms with van der Waals surface area (Å²) >= 11 is 2.71. The summed E-state index contributed by atoms with van der Waals surface area (Å²) in [7, 11) is 0. The summed E-state index contributed by atoms with van der Waals surface area (Å²) in [6.45, 7) is 1.27. The van der Waals surface area contributed by atoms with E-state index in [9.17, 15) is 36.6 Å². The molecule has 0 saturated carbocycles. The minimum atomic E-state index is -1.40. The van der Waals surface area contributed by atoms with Crippen molar-refractivity contribution in [3.8, 4) is 0 Å². The first-order valence-electron chi connectivity index (χ1n) is 10.1. The van der Waals surface area contributed by atoms with Crippen molar-refractivity contribution in [1.29, 1.82) is 0 Å². The van der Waals surface area contributed by atoms with Crippen LogP contribution in [0.3, 0.4) is 0 Å². The number of hydrazine groups is 1. The van der Waals surface area contributed by atoms with Crippen molar-refractivity contribution in [3.05, 3.63) is 74.7 Å². The maximum absolute atomic E-state index is 14.3. The van der Waals surface area contributed by atoms with Crippen molar-refractivity contribution < 1.29 is 36.6 Å². The van der Waals surface area contributed by atoms with Crippen molar-refractivity contribution >= 4 is 33.4 Å². The van der Waals surface area contributed by atoms with E-state index >= 15 is 0 Å². The summed E-state index contributed by atoms with van der Waals surface area (Å²) in [5.74, 6) is -8.58. The van der Waals surface area contributed by atoms with Crippen LogP contribution in [0.2, 0.25) is 0 Å². The van der Waals surface area contributed by atoms with Crippen LogP contribution in [0.5, 0.6) is 0 Å². The molecule has 34 heavy (non-hydrogen) atoms. The van der Waals surface area contributed by atoms with E-state index < -0.39 is 68.8 Å². The number of anilines is 1. The highest BCUT2D eigenvalue weighted by atomic mass is 79.9. The van der Waals surface area contributed by atoms with Crippen LogP contribution in [0, 0.1) is 29.1 Å². The van der Waals surface area contributed by atoms with Crippen LogP contribution in [0.4, 0.5) is 27.6 Å². The molecule has 2 aromatic carbocycles. The fraction of sp³-hybridized carbons (Fsp3) is 0.273. The summed E-state index contributed by atoms with van der Waals surface area (Å²) < 4.78 is 68.6. The number of benzene rings is 2. The average molecular weight is 546 g/mol. The Morgan fingerprint density at radius 3 is 2.32 bits per heavy atom. The lowest BCUT2D eigenvalue weighted by molar-refractivity contribution is -0.160. The summed E-state index contributed by atoms with van der Waals surface area (Å²) in [5.41, 5.74) is -2.60. The molecule has 0 unspecified atom stereocenters. The second-order valence-corrected chi connectivity index (χ2v) is 8.95. The van der Waals surface area contributed by atoms with E-state index in [1.807, 2.05) is 0 Å². The van der Waals surface area contributed by atoms with Gasteiger partial charge >= 0.3 is 0 Å². The Morgan fingerprint density at radius 2 is 1.68 bits per heavy atom. The monoisotopic (exact) mass is 545 g/mol. The number of rotatable bonds is 4. The van der Waals surface area contributed by atoms with Crippen LogP contribution in [-0.4, -0.2) is 39.0 Å². The van der Waals surface area contributed by atoms with Gasteiger partial charge in [-0.05, 0) is 53.9 Å². The third-order valence-corrected chi connectivity index (χ3v) is 6.73. The Balaban J connectivity index is 1.72. The van der Waals surface area contributed by atoms with Gasteiger partial charge in [-0.3, -0.25) is 14.6 Å². The highest BCUT2D eigenvalue weighted by Crippen LogP contribution is 2.42. The molecule has 1 atom stereocenters. The third kappa shape index (κ3) is 3.94. The second kappa shape index (κ2) is 8.66. The topological polar surface area (TPSA) is 72.9 Å². The number of hydrogen-bond donors (Lipinski definition) is 2. The molecule has 0 spiro atoms. The van der Waals surface area contributed by atoms with E-state index in [-0.39, 0.29) is 17.8 Å². The number of carbonyl (C=O) groups excluding carboxylic acids is 2. The molecule has 2 aliphatic heterocycles. The fourth-order valence-corrected chi connectivity index (χ4v) is 4.44. The van der Waals surface area contributed by atoms with E-state index in [2.05, 4.69) is 21.2 Å². The maximum atomic E-state index is 14.3. The summed E-state index contributed by atoms with van der Waals surface area (Å²) in [6.07, 6.45) is 0.823. The lowest BCUT2D eigenvalue weighted by atomic mass is 9.90. The maximum Gasteiger partial charge on any atom is 0.277 e. The molecule has 2 heterocycles. The summed E-state index contributed by atoms with van der Waals surface area (Å²) in [5, 5.41) is 15.5. The standard InChI is InChI=1S/C22H17BrF5N3O3/c1-22-3-2-4-31(22)30(9-10-5-13(25)14(26)8-12(10)24)21(34)17(19(22)32)20(33)29-11-6-15(27)18(23)16(28)7-11/h5-8,32H,2-4,9H2,1H3,(H,29,33)/t22-/m1/s1. The van der Waals surface area contributed by atoms with Crippen LogP contribution < -0.4 is 5.32 Å². The fourth-order valence-electron chi connectivity index (χ4n) is 4.22. The summed E-state index contributed by atoms with van der Waals surface area (Å²) in [6, 6.07) is 2.58. The van der Waals surface area contributed by atoms with E-state index in [0.717, 1.165) is 17.1 Å². The largest absolute Gasteiger partial charge is 0.509 e. The molecule has 1 saturated heterocycles. The van der Waals surface area contributed by atoms with Crippen molar-refractivity contribution in [2.75, 3.05) is 11.9 Å². The minimum absolute atomic E-state index is 0.260. The Kier molecular flexibility index (Phi) is 6.15. The Bertz CT molecular complexity index is 1230. The van der Waals surface area contributed by atoms with Gasteiger partial charge in [-0.2, -0.15) is 0 Å². The number of nitrogens with one attached hydrogen (secondary N) is 1. The minimum Gasteiger partial charge on any atom is -0.509 e. The van der Waals surface area contributed by atoms with Gasteiger partial charge in [-0.25, -0.2) is 27.0 Å². The molecule has 2 N–H and O–H groups in total. The van der Waals surface area contributed by atoms with Crippen LogP contribution >= 0.6 is 15.9 Å². The molecule has 6 nitrogen and oxygen atoms in total. The van der Waals surface area contributed by atoms with Gasteiger partial charge in [0.05, 0.1) is 16.6 Å². The molecule has 2 amide bonds. The molecular formula is C22H17BrF5N3O3. The average Bonchev–Trinajstić information content (AvgIpc) is 3.16. The Morgan fingerprint density at radius 1 is 1.06 bits per heavy atom. The van der Waals surface area contributed by atoms with Gasteiger partial charge in [0.25, 0.3) is 11.8 Å². The van der Waals surface area contributed by atoms with Crippen molar-refractivity contribution in [1.82, 2.24) is 10.0 Å². The number of halogens is 6. The zero-order valence-electron chi connectivity index (χ0n) is 17.6. The van der Waals surface area contributed by atoms with Crippen molar-refractivity contribution in [3.63, 3.8) is 0 Å². The van der Waals surface area contributed by atoms with E-state index in [4.69, 9.17) is 0 Å². The van der Waals surface area contributed by atoms with Gasteiger partial charge < -0.3 is 10.4 Å². The lowest BCUT2D eigenvalue weighted by Crippen LogP contribution is -2.60. The van der Waals surface area contributed by atoms with Crippen LogP contribution in [0.15, 0.2) is 40.1 Å². The number of carbonyl (C=O) groups is 2. The molecule has 0 bridgehead atoms. The lowest BCUT2D eigenvalue weighted by Gasteiger charge is -2.46. The van der Waals surface area contributed by atoms with Gasteiger partial charge in [-0.1, -0.05) is 0 Å². The quantitative estimate of drug-likeness (QED) is 0.253. The first-order valence-corrected chi connectivity index (χ1v) is 10.9. The molecule has 12 heteroatoms. The number of fused-ring (bicyclic) bond motifs is 1. The number of amides is 2. The van der Waals surface area contributed by atoms with Gasteiger partial charge in [0.1, 0.15) is 28.8 Å². The molecule has 0 aliphatic carbocycles. The van der Waals surface area contributed by atoms with Crippen LogP contribution in [-0.2, 0) is 16.1 Å². The van der Waals surface area contributed by atoms with Gasteiger partial charge in [0, 0.05) is 23.9 Å². The molecule has 2 aliphatic rings. The van der Waals surface area contributed by atoms with Crippen LogP contribution in [0.1, 0.15) is 25.3 Å². The zero-order chi connectivity index (χ0) is 24.9. The van der Waals surface area contributed by atoms with Crippen LogP contribution in [0.25, 0.3) is 0 Å². The highest BCUT2D eigenvalue weighted by Gasteiger charge is 2.52. The molecule has 1 fully saturated rings. The first-order chi connectivity index (χ1) is 15.9. The second-order valence-electron chi connectivity index (χ2n) is 8.15. The molecule has 2 aromatic rings. The molecular weight excluding hydrogens is 529 g/mol. The predicted molar refractivity (Wildman–Crippen MR) is 114 cm³/mol. The van der Waals surface area contributed by atoms with Gasteiger partial charge in [0.15, 0.2) is 11.6 Å². The first kappa shape index (κ1) is 24.1. The predicted octanol–water partition coefficient (Wildman–Crippen LogP) is 4.71. The Labute approximate surface area is 198 Å². The molecule has 0 radical (unpaired) electrons. The van der Waals surface area contributed by atoms with Gasteiger partial charge in [0.2, 0.25) is 0 Å². The van der Waals surface area contributed by atoms with E-state index in [1.54, 1.807) is 6.92 Å². The normalized spacial score (nSPS) is 20.7. The number of nitrogens with zero attached hydrogens (tertiary/aromatic N) is 2. The number of aliphatic hydroxyl groups excluding tert-OH is 1. The Hall–Kier alpha value is -2.99. The van der Waals surface area contributed by atoms with Gasteiger partial charge in [-0.15, -0.1) is 0 Å². The van der Waals surface area contributed by atoms with E-state index in [1.165, 1.54) is 5.01 Å². The summed E-state index contributed by atoms with van der Waals surface area (Å²) in [4.78, 5) is 26.2. The van der Waals surface area contributed by atoms with E-state index in [0.29, 0.717) is 25.0 Å². The third-order valence-electron chi connectivity index (χ3n) is 5.97. The zero-order valence-corrected chi connectivity index (χ0v) is 19.1. The smallest absolute Gasteiger partial charge is 0.277 e. The number of aliphatic hydroxyl groups is 1. The molecule has 0 aromatic heterocycles. The molecule has 180 valence electrons. The SMILES string of the molecule is C[C@]12CCCN1N(Cc1cc(F)c(F)cc1F)C(=O)C(C(=O)Nc1cc(F)c(Br)c(F)c1)=C2O. The highest BCUT2D eigenvalue weighted by molar-refractivity contribution is 9.10.